The van der Waals surface area contributed by atoms with Crippen LogP contribution in [0, 0.1) is 0 Å². The molecule has 0 heterocycles. The number of ether oxygens (including phenoxy) is 2. The Morgan fingerprint density at radius 3 is 2.75 bits per heavy atom. The predicted molar refractivity (Wildman–Crippen MR) is 97.5 cm³/mol. The van der Waals surface area contributed by atoms with Gasteiger partial charge in [0.1, 0.15) is 11.5 Å². The molecular formula is C20H23NO3. The first kappa shape index (κ1) is 17.6. The number of benzene rings is 2. The van der Waals surface area contributed by atoms with Crippen molar-refractivity contribution in [3.05, 3.63) is 60.2 Å². The Bertz CT molecular complexity index is 710. The molecule has 2 aromatic rings. The van der Waals surface area contributed by atoms with Crippen LogP contribution in [0.5, 0.6) is 11.5 Å². The molecule has 4 nitrogen and oxygen atoms in total. The summed E-state index contributed by atoms with van der Waals surface area (Å²) in [5.74, 6) is 1.27. The lowest BCUT2D eigenvalue weighted by Crippen LogP contribution is -2.11. The Morgan fingerprint density at radius 1 is 1.21 bits per heavy atom. The Kier molecular flexibility index (Phi) is 6.43. The standard InChI is InChI=1S/C20H23NO3/c1-4-15(2)24-18-10-7-9-17(14-18)21-20(22)13-12-16-8-5-6-11-19(16)23-3/h5-15H,4H2,1-3H3,(H,21,22)/b13-12+. The van der Waals surface area contributed by atoms with Crippen LogP contribution in [0.1, 0.15) is 25.8 Å². The van der Waals surface area contributed by atoms with Crippen LogP contribution in [0.25, 0.3) is 6.08 Å². The monoisotopic (exact) mass is 325 g/mol. The van der Waals surface area contributed by atoms with Gasteiger partial charge in [-0.3, -0.25) is 4.79 Å². The predicted octanol–water partition coefficient (Wildman–Crippen LogP) is 4.52. The van der Waals surface area contributed by atoms with E-state index in [1.165, 1.54) is 6.08 Å². The van der Waals surface area contributed by atoms with Crippen LogP contribution < -0.4 is 14.8 Å². The summed E-state index contributed by atoms with van der Waals surface area (Å²) in [5.41, 5.74) is 1.55. The fraction of sp³-hybridized carbons (Fsp3) is 0.250. The SMILES string of the molecule is CCC(C)Oc1cccc(NC(=O)/C=C/c2ccccc2OC)c1. The normalized spacial score (nSPS) is 12.0. The Hall–Kier alpha value is -2.75. The highest BCUT2D eigenvalue weighted by molar-refractivity contribution is 6.02. The number of carbonyl (C=O) groups is 1. The van der Waals surface area contributed by atoms with E-state index in [0.717, 1.165) is 23.5 Å². The van der Waals surface area contributed by atoms with E-state index >= 15 is 0 Å². The fourth-order valence-corrected chi connectivity index (χ4v) is 2.12. The van der Waals surface area contributed by atoms with Crippen LogP contribution in [0.2, 0.25) is 0 Å². The van der Waals surface area contributed by atoms with E-state index in [4.69, 9.17) is 9.47 Å². The Balaban J connectivity index is 2.02. The van der Waals surface area contributed by atoms with Gasteiger partial charge in [0.2, 0.25) is 5.91 Å². The highest BCUT2D eigenvalue weighted by Crippen LogP contribution is 2.20. The average molecular weight is 325 g/mol. The molecule has 1 unspecified atom stereocenters. The number of rotatable bonds is 7. The number of methoxy groups -OCH3 is 1. The lowest BCUT2D eigenvalue weighted by atomic mass is 10.2. The molecule has 126 valence electrons. The summed E-state index contributed by atoms with van der Waals surface area (Å²) in [5, 5.41) is 2.83. The summed E-state index contributed by atoms with van der Waals surface area (Å²) in [6, 6.07) is 14.9. The molecule has 0 fully saturated rings. The molecule has 0 aromatic heterocycles. The zero-order chi connectivity index (χ0) is 17.4. The summed E-state index contributed by atoms with van der Waals surface area (Å²) < 4.78 is 11.0. The number of hydrogen-bond acceptors (Lipinski definition) is 3. The van der Waals surface area contributed by atoms with Crippen molar-refractivity contribution in [2.75, 3.05) is 12.4 Å². The van der Waals surface area contributed by atoms with E-state index in [-0.39, 0.29) is 12.0 Å². The van der Waals surface area contributed by atoms with Gasteiger partial charge in [0.15, 0.2) is 0 Å². The van der Waals surface area contributed by atoms with E-state index in [1.54, 1.807) is 13.2 Å². The van der Waals surface area contributed by atoms with Gasteiger partial charge in [-0.15, -0.1) is 0 Å². The summed E-state index contributed by atoms with van der Waals surface area (Å²) >= 11 is 0. The second-order valence-electron chi connectivity index (χ2n) is 5.43. The highest BCUT2D eigenvalue weighted by atomic mass is 16.5. The van der Waals surface area contributed by atoms with E-state index < -0.39 is 0 Å². The molecule has 1 amide bonds. The quantitative estimate of drug-likeness (QED) is 0.761. The van der Waals surface area contributed by atoms with Gasteiger partial charge >= 0.3 is 0 Å². The molecule has 4 heteroatoms. The van der Waals surface area contributed by atoms with Gasteiger partial charge in [0, 0.05) is 23.4 Å². The maximum absolute atomic E-state index is 12.1. The van der Waals surface area contributed by atoms with Crippen molar-refractivity contribution in [2.24, 2.45) is 0 Å². The van der Waals surface area contributed by atoms with Crippen molar-refractivity contribution in [1.29, 1.82) is 0 Å². The van der Waals surface area contributed by atoms with Crippen molar-refractivity contribution in [3.63, 3.8) is 0 Å². The van der Waals surface area contributed by atoms with Gasteiger partial charge in [0.25, 0.3) is 0 Å². The van der Waals surface area contributed by atoms with Crippen LogP contribution >= 0.6 is 0 Å². The van der Waals surface area contributed by atoms with E-state index in [9.17, 15) is 4.79 Å². The van der Waals surface area contributed by atoms with E-state index in [1.807, 2.05) is 55.5 Å². The maximum Gasteiger partial charge on any atom is 0.248 e. The molecular weight excluding hydrogens is 302 g/mol. The number of anilines is 1. The number of amides is 1. The lowest BCUT2D eigenvalue weighted by molar-refractivity contribution is -0.111. The van der Waals surface area contributed by atoms with Gasteiger partial charge in [-0.1, -0.05) is 31.2 Å². The smallest absolute Gasteiger partial charge is 0.248 e. The van der Waals surface area contributed by atoms with E-state index in [2.05, 4.69) is 12.2 Å². The summed E-state index contributed by atoms with van der Waals surface area (Å²) in [6.07, 6.45) is 4.28. The summed E-state index contributed by atoms with van der Waals surface area (Å²) in [4.78, 5) is 12.1. The summed E-state index contributed by atoms with van der Waals surface area (Å²) in [7, 11) is 1.61. The molecule has 2 rings (SSSR count). The van der Waals surface area contributed by atoms with Crippen molar-refractivity contribution in [1.82, 2.24) is 0 Å². The number of carbonyl (C=O) groups excluding carboxylic acids is 1. The molecule has 0 radical (unpaired) electrons. The van der Waals surface area contributed by atoms with Crippen LogP contribution in [0.3, 0.4) is 0 Å². The van der Waals surface area contributed by atoms with Crippen LogP contribution in [-0.4, -0.2) is 19.1 Å². The molecule has 1 N–H and O–H groups in total. The average Bonchev–Trinajstić information content (AvgIpc) is 2.60. The molecule has 1 atom stereocenters. The Labute approximate surface area is 143 Å². The first-order valence-corrected chi connectivity index (χ1v) is 8.01. The molecule has 2 aromatic carbocycles. The Morgan fingerprint density at radius 2 is 2.00 bits per heavy atom. The minimum Gasteiger partial charge on any atom is -0.496 e. The molecule has 24 heavy (non-hydrogen) atoms. The van der Waals surface area contributed by atoms with Crippen LogP contribution in [0.15, 0.2) is 54.6 Å². The third-order valence-corrected chi connectivity index (χ3v) is 3.57. The van der Waals surface area contributed by atoms with Crippen molar-refractivity contribution in [2.45, 2.75) is 26.4 Å². The largest absolute Gasteiger partial charge is 0.496 e. The maximum atomic E-state index is 12.1. The van der Waals surface area contributed by atoms with Crippen LogP contribution in [-0.2, 0) is 4.79 Å². The summed E-state index contributed by atoms with van der Waals surface area (Å²) in [6.45, 7) is 4.08. The van der Waals surface area contributed by atoms with E-state index in [0.29, 0.717) is 5.69 Å². The first-order chi connectivity index (χ1) is 11.6. The zero-order valence-corrected chi connectivity index (χ0v) is 14.3. The number of para-hydroxylation sites is 1. The lowest BCUT2D eigenvalue weighted by Gasteiger charge is -2.13. The van der Waals surface area contributed by atoms with Gasteiger partial charge in [-0.05, 0) is 37.6 Å². The van der Waals surface area contributed by atoms with Gasteiger partial charge in [-0.2, -0.15) is 0 Å². The highest BCUT2D eigenvalue weighted by Gasteiger charge is 2.04. The number of nitrogens with one attached hydrogen (secondary N) is 1. The second kappa shape index (κ2) is 8.77. The molecule has 0 spiro atoms. The zero-order valence-electron chi connectivity index (χ0n) is 14.3. The molecule has 0 saturated heterocycles. The van der Waals surface area contributed by atoms with Crippen LogP contribution in [0.4, 0.5) is 5.69 Å². The first-order valence-electron chi connectivity index (χ1n) is 8.01. The fourth-order valence-electron chi connectivity index (χ4n) is 2.12. The van der Waals surface area contributed by atoms with Crippen molar-refractivity contribution in [3.8, 4) is 11.5 Å². The van der Waals surface area contributed by atoms with Crippen molar-refractivity contribution >= 4 is 17.7 Å². The molecule has 0 aliphatic heterocycles. The van der Waals surface area contributed by atoms with Gasteiger partial charge < -0.3 is 14.8 Å². The molecule has 0 saturated carbocycles. The molecule has 0 aliphatic rings. The topological polar surface area (TPSA) is 47.6 Å². The number of hydrogen-bond donors (Lipinski definition) is 1. The molecule has 0 aliphatic carbocycles. The third kappa shape index (κ3) is 5.16. The van der Waals surface area contributed by atoms with Crippen molar-refractivity contribution < 1.29 is 14.3 Å². The van der Waals surface area contributed by atoms with Gasteiger partial charge in [0.05, 0.1) is 13.2 Å². The minimum absolute atomic E-state index is 0.140. The minimum atomic E-state index is -0.207. The second-order valence-corrected chi connectivity index (χ2v) is 5.43. The third-order valence-electron chi connectivity index (χ3n) is 3.57. The van der Waals surface area contributed by atoms with Gasteiger partial charge in [-0.25, -0.2) is 0 Å². The molecule has 0 bridgehead atoms.